The molecule has 0 aliphatic heterocycles. The number of fused-ring (bicyclic) bond motifs is 13. The zero-order valence-corrected chi connectivity index (χ0v) is 51.4. The van der Waals surface area contributed by atoms with Crippen LogP contribution in [0.15, 0.2) is 211 Å². The van der Waals surface area contributed by atoms with Crippen molar-refractivity contribution in [2.45, 2.75) is 84.0 Å². The summed E-state index contributed by atoms with van der Waals surface area (Å²) >= 11 is 0. The van der Waals surface area contributed by atoms with Gasteiger partial charge < -0.3 is 14.2 Å². The van der Waals surface area contributed by atoms with E-state index >= 15 is 0 Å². The van der Waals surface area contributed by atoms with Gasteiger partial charge in [0, 0.05) is 38.9 Å². The highest BCUT2D eigenvalue weighted by molar-refractivity contribution is 6.90. The summed E-state index contributed by atoms with van der Waals surface area (Å²) in [4.78, 5) is 5.01. The van der Waals surface area contributed by atoms with Crippen molar-refractivity contribution in [2.75, 3.05) is 9.80 Å². The molecule has 0 fully saturated rings. The van der Waals surface area contributed by atoms with E-state index in [4.69, 9.17) is 4.42 Å². The molecule has 0 amide bonds. The molecule has 78 heavy (non-hydrogen) atoms. The molecule has 0 saturated heterocycles. The van der Waals surface area contributed by atoms with E-state index in [1.165, 1.54) is 76.0 Å². The highest BCUT2D eigenvalue weighted by atomic mass is 28.3. The maximum absolute atomic E-state index is 7.42. The minimum absolute atomic E-state index is 0.702. The molecule has 10 aromatic carbocycles. The van der Waals surface area contributed by atoms with Gasteiger partial charge in [0.2, 0.25) is 0 Å². The van der Waals surface area contributed by atoms with E-state index in [0.717, 1.165) is 56.1 Å². The van der Waals surface area contributed by atoms with Crippen LogP contribution in [0.1, 0.15) is 22.3 Å². The van der Waals surface area contributed by atoms with Crippen molar-refractivity contribution < 1.29 is 4.42 Å². The van der Waals surface area contributed by atoms with Crippen LogP contribution in [0.4, 0.5) is 34.1 Å². The smallest absolute Gasteiger partial charge is 0.160 e. The molecule has 0 unspecified atom stereocenters. The summed E-state index contributed by atoms with van der Waals surface area (Å²) in [6.07, 6.45) is 0. The Morgan fingerprint density at radius 1 is 0.321 bits per heavy atom. The lowest BCUT2D eigenvalue weighted by Crippen LogP contribution is -2.37. The molecule has 13 rings (SSSR count). The first-order valence-corrected chi connectivity index (χ1v) is 42.0. The molecule has 1 spiro atoms. The van der Waals surface area contributed by atoms with Crippen LogP contribution in [0.25, 0.3) is 55.0 Å². The van der Waals surface area contributed by atoms with Crippen LogP contribution >= 0.6 is 0 Å². The molecule has 0 bridgehead atoms. The first-order valence-electron chi connectivity index (χ1n) is 28.0. The number of benzene rings is 10. The molecule has 2 aliphatic rings. The molecule has 3 nitrogen and oxygen atoms in total. The van der Waals surface area contributed by atoms with Crippen molar-refractivity contribution in [3.8, 4) is 22.3 Å². The Labute approximate surface area is 465 Å². The zero-order valence-electron chi connectivity index (χ0n) is 47.4. The summed E-state index contributed by atoms with van der Waals surface area (Å²) in [5.74, 6) is 0. The summed E-state index contributed by atoms with van der Waals surface area (Å²) < 4.78 is 7.42. The topological polar surface area (TPSA) is 19.6 Å². The normalized spacial score (nSPS) is 13.7. The Hall–Kier alpha value is -7.27. The maximum atomic E-state index is 7.42. The number of hydrogen-bond acceptors (Lipinski definition) is 3. The van der Waals surface area contributed by atoms with Gasteiger partial charge in [-0.1, -0.05) is 239 Å². The van der Waals surface area contributed by atoms with Crippen LogP contribution in [0.2, 0.25) is 78.6 Å². The van der Waals surface area contributed by atoms with Gasteiger partial charge in [-0.2, -0.15) is 0 Å². The third kappa shape index (κ3) is 7.82. The summed E-state index contributed by atoms with van der Waals surface area (Å²) in [7, 11) is -6.36. The second-order valence-electron chi connectivity index (χ2n) is 26.2. The van der Waals surface area contributed by atoms with Crippen LogP contribution in [0.5, 0.6) is 0 Å². The number of anilines is 6. The zero-order chi connectivity index (χ0) is 54.3. The fourth-order valence-electron chi connectivity index (χ4n) is 13.0. The number of hydrogen-bond donors (Lipinski definition) is 0. The fourth-order valence-corrected chi connectivity index (χ4v) is 17.7. The predicted octanol–water partition coefficient (Wildman–Crippen LogP) is 18.2. The monoisotopic (exact) mass is 1080 g/mol. The van der Waals surface area contributed by atoms with Crippen molar-refractivity contribution in [1.82, 2.24) is 0 Å². The summed E-state index contributed by atoms with van der Waals surface area (Å²) in [6.45, 7) is 29.2. The quantitative estimate of drug-likeness (QED) is 0.127. The van der Waals surface area contributed by atoms with Gasteiger partial charge in [0.05, 0.1) is 49.1 Å². The largest absolute Gasteiger partial charge is 0.454 e. The Morgan fingerprint density at radius 2 is 0.718 bits per heavy atom. The SMILES string of the molecule is C[Si](C)(C)c1ccc(N(c2ccc([Si](C)(C)C)cc2)c2ccc3c4c(cccc24)C2(c4ccccc4-c4ccccc42)c2cc(N(c4ccc([Si](C)(C)C)cc4)c4ccc([Si](C)(C)C)cc4)c4oc5ccccc5c4c2-3)cc1. The molecule has 0 N–H and O–H groups in total. The lowest BCUT2D eigenvalue weighted by molar-refractivity contribution is 0.668. The van der Waals surface area contributed by atoms with E-state index < -0.39 is 37.7 Å². The van der Waals surface area contributed by atoms with E-state index in [1.807, 2.05) is 0 Å². The first-order chi connectivity index (χ1) is 37.2. The van der Waals surface area contributed by atoms with Crippen molar-refractivity contribution >= 4 is 120 Å². The fraction of sp³-hybridized carbons (Fsp3) is 0.183. The number of furan rings is 1. The molecule has 1 heterocycles. The molecule has 0 saturated carbocycles. The van der Waals surface area contributed by atoms with E-state index in [-0.39, 0.29) is 0 Å². The molecule has 1 aromatic heterocycles. The standard InChI is InChI=1S/C71H70N2OSi4/c1-75(2,3)51-36-28-47(29-37-51)72(48-30-38-52(39-31-48)76(4,5)6)64-45-44-59-67-57(64)23-19-26-62(67)71(60-24-16-13-20-55(60)56-21-14-17-25-61(56)71)63-46-65(70-69(68(59)63)58-22-15-18-27-66(58)74-70)73(49-32-40-53(41-33-49)77(7,8)9)50-34-42-54(43-35-50)78(10,11)12/h13-46H,1-12H3. The molecule has 7 heteroatoms. The van der Waals surface area contributed by atoms with Crippen LogP contribution in [0, 0.1) is 0 Å². The number of rotatable bonds is 10. The predicted molar refractivity (Wildman–Crippen MR) is 349 cm³/mol. The van der Waals surface area contributed by atoms with E-state index in [1.54, 1.807) is 0 Å². The van der Waals surface area contributed by atoms with Gasteiger partial charge in [-0.15, -0.1) is 0 Å². The van der Waals surface area contributed by atoms with Crippen LogP contribution in [-0.2, 0) is 5.41 Å². The molecule has 0 atom stereocenters. The highest BCUT2D eigenvalue weighted by Gasteiger charge is 2.51. The van der Waals surface area contributed by atoms with Gasteiger partial charge >= 0.3 is 0 Å². The number of para-hydroxylation sites is 1. The molecule has 11 aromatic rings. The third-order valence-corrected chi connectivity index (χ3v) is 25.4. The molecular formula is C71H70N2OSi4. The van der Waals surface area contributed by atoms with E-state index in [9.17, 15) is 0 Å². The third-order valence-electron chi connectivity index (χ3n) is 17.1. The van der Waals surface area contributed by atoms with Gasteiger partial charge in [-0.3, -0.25) is 0 Å². The Kier molecular flexibility index (Phi) is 11.5. The second-order valence-corrected chi connectivity index (χ2v) is 46.5. The molecule has 2 aliphatic carbocycles. The summed E-state index contributed by atoms with van der Waals surface area (Å²) in [6, 6.07) is 79.7. The van der Waals surface area contributed by atoms with Gasteiger partial charge in [-0.25, -0.2) is 0 Å². The van der Waals surface area contributed by atoms with E-state index in [0.29, 0.717) is 0 Å². The molecule has 386 valence electrons. The highest BCUT2D eigenvalue weighted by Crippen LogP contribution is 2.65. The van der Waals surface area contributed by atoms with Crippen LogP contribution < -0.4 is 30.5 Å². The minimum atomic E-state index is -1.61. The van der Waals surface area contributed by atoms with Crippen molar-refractivity contribution in [3.63, 3.8) is 0 Å². The number of nitrogens with zero attached hydrogens (tertiary/aromatic N) is 2. The van der Waals surface area contributed by atoms with Crippen molar-refractivity contribution in [2.24, 2.45) is 0 Å². The Balaban J connectivity index is 1.17. The van der Waals surface area contributed by atoms with Gasteiger partial charge in [0.15, 0.2) is 5.58 Å². The summed E-state index contributed by atoms with van der Waals surface area (Å²) in [5.41, 5.74) is 18.0. The molecule has 0 radical (unpaired) electrons. The summed E-state index contributed by atoms with van der Waals surface area (Å²) in [5, 5.41) is 10.5. The average molecular weight is 1080 g/mol. The van der Waals surface area contributed by atoms with E-state index in [2.05, 4.69) is 295 Å². The molecular weight excluding hydrogens is 1010 g/mol. The second kappa shape index (κ2) is 17.9. The van der Waals surface area contributed by atoms with Crippen molar-refractivity contribution in [1.29, 1.82) is 0 Å². The Bertz CT molecular complexity index is 4010. The maximum Gasteiger partial charge on any atom is 0.160 e. The van der Waals surface area contributed by atoms with Gasteiger partial charge in [-0.05, 0) is 117 Å². The lowest BCUT2D eigenvalue weighted by Gasteiger charge is -2.41. The van der Waals surface area contributed by atoms with Crippen LogP contribution in [0.3, 0.4) is 0 Å². The first kappa shape index (κ1) is 50.2. The van der Waals surface area contributed by atoms with Crippen molar-refractivity contribution in [3.05, 3.63) is 229 Å². The van der Waals surface area contributed by atoms with Gasteiger partial charge in [0.25, 0.3) is 0 Å². The minimum Gasteiger partial charge on any atom is -0.454 e. The van der Waals surface area contributed by atoms with Gasteiger partial charge in [0.1, 0.15) is 5.58 Å². The average Bonchev–Trinajstić information content (AvgIpc) is 3.45. The van der Waals surface area contributed by atoms with Crippen LogP contribution in [-0.4, -0.2) is 32.3 Å². The lowest BCUT2D eigenvalue weighted by atomic mass is 9.60. The Morgan fingerprint density at radius 3 is 1.18 bits per heavy atom.